The van der Waals surface area contributed by atoms with E-state index in [4.69, 9.17) is 4.52 Å². The smallest absolute Gasteiger partial charge is 0.384 e. The van der Waals surface area contributed by atoms with Crippen molar-refractivity contribution in [2.24, 2.45) is 0 Å². The lowest BCUT2D eigenvalue weighted by Gasteiger charge is -2.30. The van der Waals surface area contributed by atoms with E-state index < -0.39 is 11.7 Å². The van der Waals surface area contributed by atoms with Gasteiger partial charge in [0, 0.05) is 12.1 Å². The van der Waals surface area contributed by atoms with Crippen LogP contribution in [0.15, 0.2) is 45.9 Å². The zero-order valence-electron chi connectivity index (χ0n) is 12.3. The van der Waals surface area contributed by atoms with Crippen LogP contribution < -0.4 is 10.9 Å². The molecule has 2 atom stereocenters. The molecule has 1 saturated heterocycles. The third-order valence-corrected chi connectivity index (χ3v) is 4.16. The molecule has 2 aromatic rings. The average molecular weight is 326 g/mol. The van der Waals surface area contributed by atoms with Crippen molar-refractivity contribution in [3.05, 3.63) is 58.1 Å². The molecular formula is C16H17F3N2O2. The number of alkyl halides is 3. The van der Waals surface area contributed by atoms with Crippen LogP contribution in [0, 0.1) is 0 Å². The molecular weight excluding hydrogens is 309 g/mol. The summed E-state index contributed by atoms with van der Waals surface area (Å²) in [5.74, 6) is 0. The summed E-state index contributed by atoms with van der Waals surface area (Å²) < 4.78 is 44.3. The number of hydrogen-bond acceptors (Lipinski definition) is 3. The van der Waals surface area contributed by atoms with Crippen molar-refractivity contribution < 1.29 is 17.7 Å². The number of rotatable bonds is 3. The minimum atomic E-state index is -4.31. The highest BCUT2D eigenvalue weighted by Gasteiger charge is 2.30. The van der Waals surface area contributed by atoms with Gasteiger partial charge in [0.05, 0.1) is 11.6 Å². The molecule has 1 aromatic heterocycles. The molecule has 1 N–H and O–H groups in total. The minimum absolute atomic E-state index is 0.0156. The van der Waals surface area contributed by atoms with Crippen molar-refractivity contribution in [2.45, 2.75) is 37.5 Å². The highest BCUT2D eigenvalue weighted by molar-refractivity contribution is 5.25. The molecule has 0 radical (unpaired) electrons. The van der Waals surface area contributed by atoms with Crippen LogP contribution >= 0.6 is 0 Å². The first-order chi connectivity index (χ1) is 10.9. The molecule has 7 heteroatoms. The number of piperidine rings is 1. The van der Waals surface area contributed by atoms with Gasteiger partial charge in [0.15, 0.2) is 0 Å². The van der Waals surface area contributed by atoms with Crippen LogP contribution in [0.25, 0.3) is 0 Å². The minimum Gasteiger partial charge on any atom is -0.384 e. The second-order valence-electron chi connectivity index (χ2n) is 5.80. The van der Waals surface area contributed by atoms with E-state index in [0.717, 1.165) is 30.7 Å². The molecule has 4 nitrogen and oxygen atoms in total. The average Bonchev–Trinajstić information content (AvgIpc) is 2.93. The van der Waals surface area contributed by atoms with E-state index in [-0.39, 0.29) is 17.6 Å². The van der Waals surface area contributed by atoms with Gasteiger partial charge in [0.25, 0.3) is 5.56 Å². The first-order valence-corrected chi connectivity index (χ1v) is 7.49. The first kappa shape index (κ1) is 15.9. The number of halogens is 3. The Kier molecular flexibility index (Phi) is 4.30. The highest BCUT2D eigenvalue weighted by Crippen LogP contribution is 2.29. The molecule has 23 heavy (non-hydrogen) atoms. The normalized spacial score (nSPS) is 22.2. The SMILES string of the molecule is O=c1ccon1[C@@H]1CCN[C@H](Cc2ccc(C(F)(F)F)cc2)C1. The fourth-order valence-corrected chi connectivity index (χ4v) is 3.01. The summed E-state index contributed by atoms with van der Waals surface area (Å²) in [6, 6.07) is 6.69. The van der Waals surface area contributed by atoms with Crippen LogP contribution in [-0.4, -0.2) is 17.3 Å². The van der Waals surface area contributed by atoms with Crippen molar-refractivity contribution >= 4 is 0 Å². The van der Waals surface area contributed by atoms with Crippen LogP contribution in [0.4, 0.5) is 13.2 Å². The van der Waals surface area contributed by atoms with E-state index in [2.05, 4.69) is 5.32 Å². The monoisotopic (exact) mass is 326 g/mol. The topological polar surface area (TPSA) is 47.2 Å². The van der Waals surface area contributed by atoms with Crippen LogP contribution in [0.2, 0.25) is 0 Å². The zero-order chi connectivity index (χ0) is 16.4. The Morgan fingerprint density at radius 3 is 2.57 bits per heavy atom. The second-order valence-corrected chi connectivity index (χ2v) is 5.80. The summed E-state index contributed by atoms with van der Waals surface area (Å²) in [6.07, 6.45) is -0.835. The Labute approximate surface area is 130 Å². The number of benzene rings is 1. The molecule has 0 saturated carbocycles. The van der Waals surface area contributed by atoms with E-state index in [9.17, 15) is 18.0 Å². The van der Waals surface area contributed by atoms with Crippen molar-refractivity contribution in [1.82, 2.24) is 10.1 Å². The van der Waals surface area contributed by atoms with Gasteiger partial charge in [-0.2, -0.15) is 17.9 Å². The maximum Gasteiger partial charge on any atom is 0.416 e. The van der Waals surface area contributed by atoms with Crippen LogP contribution in [0.1, 0.15) is 30.0 Å². The molecule has 1 aromatic carbocycles. The predicted molar refractivity (Wildman–Crippen MR) is 78.2 cm³/mol. The Morgan fingerprint density at radius 2 is 1.96 bits per heavy atom. The van der Waals surface area contributed by atoms with Crippen LogP contribution in [-0.2, 0) is 12.6 Å². The number of aromatic nitrogens is 1. The van der Waals surface area contributed by atoms with Gasteiger partial charge >= 0.3 is 6.18 Å². The summed E-state index contributed by atoms with van der Waals surface area (Å²) in [6.45, 7) is 0.739. The lowest BCUT2D eigenvalue weighted by atomic mass is 9.94. The molecule has 1 aliphatic heterocycles. The van der Waals surface area contributed by atoms with Crippen molar-refractivity contribution in [3.63, 3.8) is 0 Å². The third-order valence-electron chi connectivity index (χ3n) is 4.16. The van der Waals surface area contributed by atoms with E-state index >= 15 is 0 Å². The maximum absolute atomic E-state index is 12.6. The zero-order valence-corrected chi connectivity index (χ0v) is 12.3. The molecule has 0 spiro atoms. The molecule has 124 valence electrons. The van der Waals surface area contributed by atoms with E-state index in [1.165, 1.54) is 29.2 Å². The van der Waals surface area contributed by atoms with E-state index in [1.807, 2.05) is 0 Å². The number of hydrogen-bond donors (Lipinski definition) is 1. The Hall–Kier alpha value is -2.02. The van der Waals surface area contributed by atoms with Gasteiger partial charge in [0.2, 0.25) is 0 Å². The fourth-order valence-electron chi connectivity index (χ4n) is 3.01. The van der Waals surface area contributed by atoms with Gasteiger partial charge in [-0.3, -0.25) is 4.79 Å². The van der Waals surface area contributed by atoms with Crippen molar-refractivity contribution in [1.29, 1.82) is 0 Å². The van der Waals surface area contributed by atoms with Crippen molar-refractivity contribution in [3.8, 4) is 0 Å². The summed E-state index contributed by atoms with van der Waals surface area (Å²) in [5.41, 5.74) is 0.0333. The van der Waals surface area contributed by atoms with Crippen LogP contribution in [0.5, 0.6) is 0 Å². The summed E-state index contributed by atoms with van der Waals surface area (Å²) >= 11 is 0. The largest absolute Gasteiger partial charge is 0.416 e. The summed E-state index contributed by atoms with van der Waals surface area (Å²) in [4.78, 5) is 11.7. The fraction of sp³-hybridized carbons (Fsp3) is 0.438. The number of nitrogens with zero attached hydrogens (tertiary/aromatic N) is 1. The van der Waals surface area contributed by atoms with Gasteiger partial charge in [-0.1, -0.05) is 12.1 Å². The van der Waals surface area contributed by atoms with Crippen LogP contribution in [0.3, 0.4) is 0 Å². The molecule has 0 amide bonds. The van der Waals surface area contributed by atoms with Gasteiger partial charge in [-0.25, -0.2) is 0 Å². The van der Waals surface area contributed by atoms with Crippen molar-refractivity contribution in [2.75, 3.05) is 6.54 Å². The number of nitrogens with one attached hydrogen (secondary N) is 1. The van der Waals surface area contributed by atoms with Gasteiger partial charge in [-0.05, 0) is 43.5 Å². The van der Waals surface area contributed by atoms with Gasteiger partial charge in [-0.15, -0.1) is 0 Å². The van der Waals surface area contributed by atoms with Gasteiger partial charge < -0.3 is 9.84 Å². The lowest BCUT2D eigenvalue weighted by molar-refractivity contribution is -0.137. The lowest BCUT2D eigenvalue weighted by Crippen LogP contribution is -2.41. The summed E-state index contributed by atoms with van der Waals surface area (Å²) in [5, 5.41) is 3.34. The third kappa shape index (κ3) is 3.67. The Bertz CT molecular complexity index is 703. The Balaban J connectivity index is 1.66. The van der Waals surface area contributed by atoms with Gasteiger partial charge in [0.1, 0.15) is 6.26 Å². The van der Waals surface area contributed by atoms with E-state index in [0.29, 0.717) is 12.8 Å². The quantitative estimate of drug-likeness (QED) is 0.943. The molecule has 3 rings (SSSR count). The molecule has 2 heterocycles. The predicted octanol–water partition coefficient (Wildman–Crippen LogP) is 3.00. The summed E-state index contributed by atoms with van der Waals surface area (Å²) in [7, 11) is 0. The molecule has 1 aliphatic rings. The highest BCUT2D eigenvalue weighted by atomic mass is 19.4. The maximum atomic E-state index is 12.6. The second kappa shape index (κ2) is 6.23. The molecule has 0 bridgehead atoms. The Morgan fingerprint density at radius 1 is 1.22 bits per heavy atom. The molecule has 1 fully saturated rings. The first-order valence-electron chi connectivity index (χ1n) is 7.49. The standard InChI is InChI=1S/C16H17F3N2O2/c17-16(18,19)12-3-1-11(2-4-12)9-13-10-14(5-7-20-13)21-15(22)6-8-23-21/h1-4,6,8,13-14,20H,5,7,9-10H2/t13-,14-/m1/s1. The molecule has 0 unspecified atom stereocenters. The van der Waals surface area contributed by atoms with E-state index in [1.54, 1.807) is 0 Å². The molecule has 0 aliphatic carbocycles.